The summed E-state index contributed by atoms with van der Waals surface area (Å²) in [6.45, 7) is 5.55. The van der Waals surface area contributed by atoms with Crippen molar-refractivity contribution in [3.05, 3.63) is 11.6 Å². The molecule has 0 amide bonds. The van der Waals surface area contributed by atoms with Gasteiger partial charge in [0.05, 0.1) is 0 Å². The van der Waals surface area contributed by atoms with Gasteiger partial charge in [-0.3, -0.25) is 4.79 Å². The maximum Gasteiger partial charge on any atom is 0.142 e. The topological polar surface area (TPSA) is 20.3 Å². The van der Waals surface area contributed by atoms with E-state index in [2.05, 4.69) is 11.8 Å². The van der Waals surface area contributed by atoms with E-state index >= 15 is 0 Å². The summed E-state index contributed by atoms with van der Waals surface area (Å²) in [5.74, 6) is 0. The molecule has 2 nitrogen and oxygen atoms in total. The molecule has 1 heterocycles. The summed E-state index contributed by atoms with van der Waals surface area (Å²) >= 11 is 0. The summed E-state index contributed by atoms with van der Waals surface area (Å²) < 4.78 is 0. The lowest BCUT2D eigenvalue weighted by Gasteiger charge is -2.26. The van der Waals surface area contributed by atoms with Crippen molar-refractivity contribution in [1.82, 2.24) is 4.90 Å². The number of carbonyl (C=O) groups is 1. The predicted octanol–water partition coefficient (Wildman–Crippen LogP) is 1.23. The lowest BCUT2D eigenvalue weighted by Crippen LogP contribution is -2.30. The van der Waals surface area contributed by atoms with Gasteiger partial charge in [-0.05, 0) is 25.5 Å². The van der Waals surface area contributed by atoms with Gasteiger partial charge in [0.15, 0.2) is 0 Å². The average molecular weight is 153 g/mol. The molecule has 0 aliphatic carbocycles. The Kier molecular flexibility index (Phi) is 3.30. The van der Waals surface area contributed by atoms with Gasteiger partial charge in [-0.2, -0.15) is 0 Å². The number of hydrogen-bond acceptors (Lipinski definition) is 2. The van der Waals surface area contributed by atoms with Crippen LogP contribution in [0.5, 0.6) is 0 Å². The second-order valence-electron chi connectivity index (χ2n) is 2.90. The number of nitrogens with zero attached hydrogens (tertiary/aromatic N) is 1. The quantitative estimate of drug-likeness (QED) is 0.439. The highest BCUT2D eigenvalue weighted by Gasteiger charge is 2.10. The summed E-state index contributed by atoms with van der Waals surface area (Å²) in [6, 6.07) is 0. The van der Waals surface area contributed by atoms with E-state index in [0.29, 0.717) is 0 Å². The van der Waals surface area contributed by atoms with Crippen LogP contribution in [0.2, 0.25) is 0 Å². The minimum atomic E-state index is 0.900. The SMILES string of the molecule is CCN1CCC(=CC=O)CC1. The van der Waals surface area contributed by atoms with Crippen molar-refractivity contribution in [2.75, 3.05) is 19.6 Å². The van der Waals surface area contributed by atoms with Gasteiger partial charge in [0.2, 0.25) is 0 Å². The average Bonchev–Trinajstić information content (AvgIpc) is 2.07. The highest BCUT2D eigenvalue weighted by Crippen LogP contribution is 2.14. The molecule has 1 aliphatic rings. The number of carbonyl (C=O) groups excluding carboxylic acids is 1. The molecule has 11 heavy (non-hydrogen) atoms. The third kappa shape index (κ3) is 2.46. The predicted molar refractivity (Wildman–Crippen MR) is 45.5 cm³/mol. The summed E-state index contributed by atoms with van der Waals surface area (Å²) in [4.78, 5) is 12.5. The second-order valence-corrected chi connectivity index (χ2v) is 2.90. The van der Waals surface area contributed by atoms with Gasteiger partial charge in [-0.1, -0.05) is 12.5 Å². The van der Waals surface area contributed by atoms with Gasteiger partial charge in [0.25, 0.3) is 0 Å². The molecular weight excluding hydrogens is 138 g/mol. The molecule has 0 aromatic rings. The van der Waals surface area contributed by atoms with E-state index in [4.69, 9.17) is 0 Å². The molecule has 0 radical (unpaired) electrons. The summed E-state index contributed by atoms with van der Waals surface area (Å²) in [5.41, 5.74) is 1.31. The second kappa shape index (κ2) is 4.29. The Bertz CT molecular complexity index is 153. The number of piperidine rings is 1. The Hall–Kier alpha value is -0.630. The largest absolute Gasteiger partial charge is 0.303 e. The van der Waals surface area contributed by atoms with Crippen molar-refractivity contribution >= 4 is 6.29 Å². The number of allylic oxidation sites excluding steroid dienone is 1. The van der Waals surface area contributed by atoms with Crippen LogP contribution in [-0.2, 0) is 4.79 Å². The molecule has 1 aliphatic heterocycles. The molecule has 0 spiro atoms. The number of likely N-dealkylation sites (tertiary alicyclic amines) is 1. The Balaban J connectivity index is 2.35. The van der Waals surface area contributed by atoms with Crippen LogP contribution in [0.3, 0.4) is 0 Å². The summed E-state index contributed by atoms with van der Waals surface area (Å²) in [5, 5.41) is 0. The summed E-state index contributed by atoms with van der Waals surface area (Å²) in [6.07, 6.45) is 4.77. The summed E-state index contributed by atoms with van der Waals surface area (Å²) in [7, 11) is 0. The van der Waals surface area contributed by atoms with Crippen LogP contribution < -0.4 is 0 Å². The molecule has 0 aromatic heterocycles. The first-order valence-electron chi connectivity index (χ1n) is 4.22. The van der Waals surface area contributed by atoms with Crippen LogP contribution in [0.25, 0.3) is 0 Å². The highest BCUT2D eigenvalue weighted by molar-refractivity contribution is 5.66. The van der Waals surface area contributed by atoms with Gasteiger partial charge < -0.3 is 4.90 Å². The monoisotopic (exact) mass is 153 g/mol. The maximum atomic E-state index is 10.1. The van der Waals surface area contributed by atoms with Crippen LogP contribution in [0.4, 0.5) is 0 Å². The maximum absolute atomic E-state index is 10.1. The molecule has 1 fully saturated rings. The fourth-order valence-electron chi connectivity index (χ4n) is 1.42. The van der Waals surface area contributed by atoms with Crippen LogP contribution in [0.15, 0.2) is 11.6 Å². The van der Waals surface area contributed by atoms with E-state index in [1.54, 1.807) is 6.08 Å². The first-order chi connectivity index (χ1) is 5.36. The molecular formula is C9H15NO. The molecule has 0 N–H and O–H groups in total. The standard InChI is InChI=1S/C9H15NO/c1-2-10-6-3-9(4-7-10)5-8-11/h5,8H,2-4,6-7H2,1H3. The van der Waals surface area contributed by atoms with Crippen LogP contribution >= 0.6 is 0 Å². The molecule has 0 unspecified atom stereocenters. The minimum absolute atomic E-state index is 0.900. The number of hydrogen-bond donors (Lipinski definition) is 0. The van der Waals surface area contributed by atoms with E-state index in [9.17, 15) is 4.79 Å². The van der Waals surface area contributed by atoms with Crippen molar-refractivity contribution in [2.45, 2.75) is 19.8 Å². The van der Waals surface area contributed by atoms with Crippen molar-refractivity contribution in [3.63, 3.8) is 0 Å². The van der Waals surface area contributed by atoms with Gasteiger partial charge in [0, 0.05) is 13.1 Å². The highest BCUT2D eigenvalue weighted by atomic mass is 16.1. The van der Waals surface area contributed by atoms with Gasteiger partial charge in [-0.15, -0.1) is 0 Å². The van der Waals surface area contributed by atoms with E-state index in [-0.39, 0.29) is 0 Å². The van der Waals surface area contributed by atoms with Crippen molar-refractivity contribution < 1.29 is 4.79 Å². The zero-order valence-electron chi connectivity index (χ0n) is 7.05. The fourth-order valence-corrected chi connectivity index (χ4v) is 1.42. The molecule has 1 saturated heterocycles. The minimum Gasteiger partial charge on any atom is -0.303 e. The van der Waals surface area contributed by atoms with Crippen molar-refractivity contribution in [2.24, 2.45) is 0 Å². The smallest absolute Gasteiger partial charge is 0.142 e. The fraction of sp³-hybridized carbons (Fsp3) is 0.667. The van der Waals surface area contributed by atoms with Crippen molar-refractivity contribution in [1.29, 1.82) is 0 Å². The van der Waals surface area contributed by atoms with Gasteiger partial charge in [-0.25, -0.2) is 0 Å². The molecule has 62 valence electrons. The number of rotatable bonds is 2. The lowest BCUT2D eigenvalue weighted by atomic mass is 10.0. The van der Waals surface area contributed by atoms with Gasteiger partial charge >= 0.3 is 0 Å². The Morgan fingerprint density at radius 2 is 2.09 bits per heavy atom. The van der Waals surface area contributed by atoms with Crippen molar-refractivity contribution in [3.8, 4) is 0 Å². The number of aldehydes is 1. The lowest BCUT2D eigenvalue weighted by molar-refractivity contribution is -0.104. The van der Waals surface area contributed by atoms with E-state index in [0.717, 1.165) is 38.8 Å². The zero-order chi connectivity index (χ0) is 8.10. The Labute approximate surface area is 67.9 Å². The van der Waals surface area contributed by atoms with E-state index in [1.165, 1.54) is 5.57 Å². The molecule has 1 rings (SSSR count). The van der Waals surface area contributed by atoms with E-state index < -0.39 is 0 Å². The molecule has 0 saturated carbocycles. The molecule has 2 heteroatoms. The molecule has 0 atom stereocenters. The van der Waals surface area contributed by atoms with Crippen LogP contribution in [-0.4, -0.2) is 30.8 Å². The molecule has 0 aromatic carbocycles. The first-order valence-corrected chi connectivity index (χ1v) is 4.22. The van der Waals surface area contributed by atoms with Crippen LogP contribution in [0.1, 0.15) is 19.8 Å². The third-order valence-corrected chi connectivity index (χ3v) is 2.25. The normalized spacial score (nSPS) is 19.9. The Morgan fingerprint density at radius 1 is 1.45 bits per heavy atom. The zero-order valence-corrected chi connectivity index (χ0v) is 7.05. The first kappa shape index (κ1) is 8.47. The Morgan fingerprint density at radius 3 is 2.55 bits per heavy atom. The van der Waals surface area contributed by atoms with E-state index in [1.807, 2.05) is 0 Å². The van der Waals surface area contributed by atoms with Gasteiger partial charge in [0.1, 0.15) is 6.29 Å². The third-order valence-electron chi connectivity index (χ3n) is 2.25. The molecule has 0 bridgehead atoms. The van der Waals surface area contributed by atoms with Crippen LogP contribution in [0, 0.1) is 0 Å².